The zero-order valence-corrected chi connectivity index (χ0v) is 13.5. The number of anilines is 1. The minimum Gasteiger partial charge on any atom is -0.481 e. The summed E-state index contributed by atoms with van der Waals surface area (Å²) in [7, 11) is 0. The van der Waals surface area contributed by atoms with Crippen LogP contribution < -0.4 is 4.90 Å². The summed E-state index contributed by atoms with van der Waals surface area (Å²) < 4.78 is 0. The standard InChI is InChI=1S/C20H23NO2/c1-15-4-2-5-17(12-15)13-16-7-9-18(10-8-16)21-11-3-6-19(21)14-20(22)23/h2,4-5,7-10,12,19H,3,6,11,13-14H2,1H3,(H,22,23). The second-order valence-corrected chi connectivity index (χ2v) is 6.42. The van der Waals surface area contributed by atoms with E-state index in [9.17, 15) is 4.79 Å². The van der Waals surface area contributed by atoms with E-state index >= 15 is 0 Å². The van der Waals surface area contributed by atoms with Crippen LogP contribution in [0.5, 0.6) is 0 Å². The molecule has 1 atom stereocenters. The van der Waals surface area contributed by atoms with E-state index in [0.29, 0.717) is 0 Å². The molecule has 0 aromatic heterocycles. The number of carbonyl (C=O) groups is 1. The van der Waals surface area contributed by atoms with Crippen molar-refractivity contribution in [2.45, 2.75) is 38.6 Å². The molecule has 0 saturated carbocycles. The van der Waals surface area contributed by atoms with Gasteiger partial charge in [-0.15, -0.1) is 0 Å². The molecule has 23 heavy (non-hydrogen) atoms. The molecule has 0 spiro atoms. The maximum Gasteiger partial charge on any atom is 0.305 e. The number of aliphatic carboxylic acids is 1. The minimum atomic E-state index is -0.710. The Bertz CT molecular complexity index is 678. The van der Waals surface area contributed by atoms with Gasteiger partial charge < -0.3 is 10.0 Å². The highest BCUT2D eigenvalue weighted by Gasteiger charge is 2.26. The Balaban J connectivity index is 1.70. The molecule has 2 aromatic rings. The third-order valence-electron chi connectivity index (χ3n) is 4.55. The van der Waals surface area contributed by atoms with Gasteiger partial charge in [-0.1, -0.05) is 42.0 Å². The van der Waals surface area contributed by atoms with Crippen LogP contribution in [-0.2, 0) is 11.2 Å². The van der Waals surface area contributed by atoms with E-state index in [0.717, 1.165) is 31.5 Å². The van der Waals surface area contributed by atoms with Crippen LogP contribution in [0, 0.1) is 6.92 Å². The zero-order chi connectivity index (χ0) is 16.2. The molecule has 1 fully saturated rings. The van der Waals surface area contributed by atoms with Crippen molar-refractivity contribution >= 4 is 11.7 Å². The number of benzene rings is 2. The van der Waals surface area contributed by atoms with Gasteiger partial charge in [-0.25, -0.2) is 0 Å². The Hall–Kier alpha value is -2.29. The van der Waals surface area contributed by atoms with Crippen LogP contribution in [0.3, 0.4) is 0 Å². The van der Waals surface area contributed by atoms with Crippen LogP contribution >= 0.6 is 0 Å². The van der Waals surface area contributed by atoms with Crippen LogP contribution in [0.1, 0.15) is 36.0 Å². The average molecular weight is 309 g/mol. The first-order chi connectivity index (χ1) is 11.1. The molecule has 3 heteroatoms. The molecule has 1 aliphatic heterocycles. The molecule has 0 aliphatic carbocycles. The lowest BCUT2D eigenvalue weighted by molar-refractivity contribution is -0.137. The Labute approximate surface area is 137 Å². The van der Waals surface area contributed by atoms with Crippen molar-refractivity contribution in [2.24, 2.45) is 0 Å². The molecule has 3 nitrogen and oxygen atoms in total. The van der Waals surface area contributed by atoms with Crippen molar-refractivity contribution in [3.8, 4) is 0 Å². The summed E-state index contributed by atoms with van der Waals surface area (Å²) in [6, 6.07) is 17.3. The molecule has 2 aromatic carbocycles. The van der Waals surface area contributed by atoms with Crippen molar-refractivity contribution in [3.63, 3.8) is 0 Å². The lowest BCUT2D eigenvalue weighted by Crippen LogP contribution is -2.31. The van der Waals surface area contributed by atoms with E-state index in [4.69, 9.17) is 5.11 Å². The van der Waals surface area contributed by atoms with Crippen LogP contribution in [0.15, 0.2) is 48.5 Å². The number of hydrogen-bond donors (Lipinski definition) is 1. The lowest BCUT2D eigenvalue weighted by atomic mass is 10.0. The smallest absolute Gasteiger partial charge is 0.305 e. The molecule has 0 amide bonds. The second kappa shape index (κ2) is 6.86. The quantitative estimate of drug-likeness (QED) is 0.906. The second-order valence-electron chi connectivity index (χ2n) is 6.42. The highest BCUT2D eigenvalue weighted by molar-refractivity contribution is 5.69. The maximum atomic E-state index is 11.0. The Morgan fingerprint density at radius 2 is 1.96 bits per heavy atom. The van der Waals surface area contributed by atoms with Gasteiger partial charge in [-0.2, -0.15) is 0 Å². The maximum absolute atomic E-state index is 11.0. The normalized spacial score (nSPS) is 17.4. The van der Waals surface area contributed by atoms with E-state index in [-0.39, 0.29) is 12.5 Å². The zero-order valence-electron chi connectivity index (χ0n) is 13.5. The predicted molar refractivity (Wildman–Crippen MR) is 93.0 cm³/mol. The monoisotopic (exact) mass is 309 g/mol. The Morgan fingerprint density at radius 3 is 2.65 bits per heavy atom. The summed E-state index contributed by atoms with van der Waals surface area (Å²) in [4.78, 5) is 13.2. The van der Waals surface area contributed by atoms with Crippen LogP contribution in [-0.4, -0.2) is 23.7 Å². The van der Waals surface area contributed by atoms with E-state index in [1.165, 1.54) is 16.7 Å². The number of hydrogen-bond acceptors (Lipinski definition) is 2. The fourth-order valence-electron chi connectivity index (χ4n) is 3.45. The third-order valence-corrected chi connectivity index (χ3v) is 4.55. The molecule has 1 N–H and O–H groups in total. The van der Waals surface area contributed by atoms with Gasteiger partial charge in [0.05, 0.1) is 6.42 Å². The van der Waals surface area contributed by atoms with E-state index in [1.807, 2.05) is 0 Å². The fourth-order valence-corrected chi connectivity index (χ4v) is 3.45. The van der Waals surface area contributed by atoms with Gasteiger partial charge in [-0.3, -0.25) is 4.79 Å². The molecule has 1 saturated heterocycles. The first-order valence-electron chi connectivity index (χ1n) is 8.25. The van der Waals surface area contributed by atoms with Gasteiger partial charge in [0.25, 0.3) is 0 Å². The summed E-state index contributed by atoms with van der Waals surface area (Å²) in [6.07, 6.45) is 3.20. The first kappa shape index (κ1) is 15.6. The van der Waals surface area contributed by atoms with Crippen molar-refractivity contribution in [1.29, 1.82) is 0 Å². The summed E-state index contributed by atoms with van der Waals surface area (Å²) in [5.74, 6) is -0.710. The molecule has 1 heterocycles. The molecule has 120 valence electrons. The van der Waals surface area contributed by atoms with Gasteiger partial charge in [-0.05, 0) is 49.4 Å². The molecule has 3 rings (SSSR count). The highest BCUT2D eigenvalue weighted by atomic mass is 16.4. The van der Waals surface area contributed by atoms with E-state index in [1.54, 1.807) is 0 Å². The van der Waals surface area contributed by atoms with Crippen molar-refractivity contribution in [3.05, 3.63) is 65.2 Å². The Morgan fingerprint density at radius 1 is 1.17 bits per heavy atom. The molecule has 1 unspecified atom stereocenters. The van der Waals surface area contributed by atoms with Gasteiger partial charge in [0.1, 0.15) is 0 Å². The number of carboxylic acid groups (broad SMARTS) is 1. The first-order valence-corrected chi connectivity index (χ1v) is 8.25. The predicted octanol–water partition coefficient (Wildman–Crippen LogP) is 4.03. The van der Waals surface area contributed by atoms with Gasteiger partial charge in [0.2, 0.25) is 0 Å². The van der Waals surface area contributed by atoms with Crippen LogP contribution in [0.4, 0.5) is 5.69 Å². The molecule has 0 bridgehead atoms. The van der Waals surface area contributed by atoms with E-state index < -0.39 is 5.97 Å². The van der Waals surface area contributed by atoms with Gasteiger partial charge in [0.15, 0.2) is 0 Å². The molecular formula is C20H23NO2. The number of carboxylic acids is 1. The lowest BCUT2D eigenvalue weighted by Gasteiger charge is -2.26. The molecule has 0 radical (unpaired) electrons. The highest BCUT2D eigenvalue weighted by Crippen LogP contribution is 2.28. The van der Waals surface area contributed by atoms with Crippen molar-refractivity contribution in [1.82, 2.24) is 0 Å². The molecular weight excluding hydrogens is 286 g/mol. The number of rotatable bonds is 5. The van der Waals surface area contributed by atoms with Crippen LogP contribution in [0.25, 0.3) is 0 Å². The van der Waals surface area contributed by atoms with Crippen molar-refractivity contribution in [2.75, 3.05) is 11.4 Å². The summed E-state index contributed by atoms with van der Waals surface area (Å²) >= 11 is 0. The van der Waals surface area contributed by atoms with Gasteiger partial charge >= 0.3 is 5.97 Å². The average Bonchev–Trinajstić information content (AvgIpc) is 2.95. The van der Waals surface area contributed by atoms with Crippen LogP contribution in [0.2, 0.25) is 0 Å². The SMILES string of the molecule is Cc1cccc(Cc2ccc(N3CCCC3CC(=O)O)cc2)c1. The minimum absolute atomic E-state index is 0.134. The summed E-state index contributed by atoms with van der Waals surface area (Å²) in [5.41, 5.74) is 5.03. The van der Waals surface area contributed by atoms with E-state index in [2.05, 4.69) is 60.4 Å². The Kier molecular flexibility index (Phi) is 4.65. The van der Waals surface area contributed by atoms with Gasteiger partial charge in [0, 0.05) is 18.3 Å². The fraction of sp³-hybridized carbons (Fsp3) is 0.350. The molecule has 1 aliphatic rings. The number of nitrogens with zero attached hydrogens (tertiary/aromatic N) is 1. The van der Waals surface area contributed by atoms with Crippen molar-refractivity contribution < 1.29 is 9.90 Å². The summed E-state index contributed by atoms with van der Waals surface area (Å²) in [6.45, 7) is 3.07. The third kappa shape index (κ3) is 3.92. The number of aryl methyl sites for hydroxylation is 1. The largest absolute Gasteiger partial charge is 0.481 e. The topological polar surface area (TPSA) is 40.5 Å². The summed E-state index contributed by atoms with van der Waals surface area (Å²) in [5, 5.41) is 9.04.